The summed E-state index contributed by atoms with van der Waals surface area (Å²) in [4.78, 5) is 0. The maximum absolute atomic E-state index is 3.91. The Hall–Kier alpha value is -2.23. The zero-order chi connectivity index (χ0) is 10.1. The topological polar surface area (TPSA) is 43.1 Å². The van der Waals surface area contributed by atoms with Gasteiger partial charge >= 0.3 is 0 Å². The van der Waals surface area contributed by atoms with Gasteiger partial charge < -0.3 is 0 Å². The van der Waals surface area contributed by atoms with Crippen LogP contribution >= 0.6 is 0 Å². The first kappa shape index (κ1) is 8.11. The predicted molar refractivity (Wildman–Crippen MR) is 56.2 cm³/mol. The van der Waals surface area contributed by atoms with Crippen molar-refractivity contribution < 1.29 is 0 Å². The van der Waals surface area contributed by atoms with E-state index < -0.39 is 0 Å². The number of hydrogen-bond donors (Lipinski definition) is 0. The van der Waals surface area contributed by atoms with E-state index in [2.05, 4.69) is 27.7 Å². The number of nitrogens with zero attached hydrogens (tertiary/aromatic N) is 4. The molecule has 0 atom stereocenters. The molecule has 4 nitrogen and oxygen atoms in total. The maximum Gasteiger partial charge on any atom is 0.179 e. The van der Waals surface area contributed by atoms with Crippen LogP contribution in [0.2, 0.25) is 0 Å². The lowest BCUT2D eigenvalue weighted by atomic mass is 10.1. The first-order valence-corrected chi connectivity index (χ1v) is 4.67. The van der Waals surface area contributed by atoms with Gasteiger partial charge in [-0.3, -0.25) is 0 Å². The second-order valence-electron chi connectivity index (χ2n) is 3.26. The molecule has 0 aliphatic rings. The van der Waals surface area contributed by atoms with Crippen molar-refractivity contribution in [3.05, 3.63) is 48.7 Å². The van der Waals surface area contributed by atoms with Gasteiger partial charge in [0.25, 0.3) is 0 Å². The zero-order valence-corrected chi connectivity index (χ0v) is 7.91. The fourth-order valence-corrected chi connectivity index (χ4v) is 1.55. The molecule has 3 aromatic rings. The van der Waals surface area contributed by atoms with Gasteiger partial charge in [0.15, 0.2) is 5.65 Å². The molecule has 0 saturated heterocycles. The summed E-state index contributed by atoms with van der Waals surface area (Å²) in [6.07, 6.45) is 1.86. The Labute approximate surface area is 86.2 Å². The molecule has 0 aliphatic heterocycles. The molecule has 0 amide bonds. The second-order valence-corrected chi connectivity index (χ2v) is 3.26. The molecule has 0 bridgehead atoms. The summed E-state index contributed by atoms with van der Waals surface area (Å²) >= 11 is 0. The molecule has 1 aromatic carbocycles. The molecule has 0 unspecified atom stereocenters. The smallest absolute Gasteiger partial charge is 0.179 e. The van der Waals surface area contributed by atoms with Crippen molar-refractivity contribution in [2.45, 2.75) is 0 Å². The number of pyridine rings is 1. The summed E-state index contributed by atoms with van der Waals surface area (Å²) in [5.74, 6) is 0. The number of benzene rings is 1. The first-order valence-electron chi connectivity index (χ1n) is 4.67. The molecule has 2 heterocycles. The van der Waals surface area contributed by atoms with Gasteiger partial charge in [0, 0.05) is 6.20 Å². The Morgan fingerprint density at radius 2 is 1.80 bits per heavy atom. The van der Waals surface area contributed by atoms with Crippen LogP contribution in [0.5, 0.6) is 0 Å². The highest BCUT2D eigenvalue weighted by Gasteiger charge is 2.00. The summed E-state index contributed by atoms with van der Waals surface area (Å²) in [5, 5.41) is 11.3. The largest absolute Gasteiger partial charge is 0.201 e. The maximum atomic E-state index is 3.91. The van der Waals surface area contributed by atoms with Crippen LogP contribution in [-0.4, -0.2) is 20.0 Å². The average molecular weight is 196 g/mol. The standard InChI is InChI=1S/C11H8N4/c1-2-4-9(5-3-1)10-6-7-15-11(8-10)12-13-14-15/h1-8H. The van der Waals surface area contributed by atoms with Crippen LogP contribution in [0.4, 0.5) is 0 Å². The average Bonchev–Trinajstić information content (AvgIpc) is 2.77. The van der Waals surface area contributed by atoms with Gasteiger partial charge in [-0.15, -0.1) is 5.10 Å². The van der Waals surface area contributed by atoms with Crippen LogP contribution in [0, 0.1) is 0 Å². The fraction of sp³-hybridized carbons (Fsp3) is 0. The molecule has 72 valence electrons. The Balaban J connectivity index is 2.19. The van der Waals surface area contributed by atoms with Gasteiger partial charge in [0.1, 0.15) is 0 Å². The number of tetrazole rings is 1. The van der Waals surface area contributed by atoms with E-state index in [4.69, 9.17) is 0 Å². The van der Waals surface area contributed by atoms with E-state index in [0.29, 0.717) is 0 Å². The predicted octanol–water partition coefficient (Wildman–Crippen LogP) is 1.79. The number of fused-ring (bicyclic) bond motifs is 1. The lowest BCUT2D eigenvalue weighted by Crippen LogP contribution is -1.87. The number of hydrogen-bond acceptors (Lipinski definition) is 3. The molecular weight excluding hydrogens is 188 g/mol. The highest BCUT2D eigenvalue weighted by molar-refractivity contribution is 5.66. The number of aromatic nitrogens is 4. The lowest BCUT2D eigenvalue weighted by molar-refractivity contribution is 0.823. The van der Waals surface area contributed by atoms with Crippen molar-refractivity contribution in [3.63, 3.8) is 0 Å². The van der Waals surface area contributed by atoms with Crippen molar-refractivity contribution in [1.29, 1.82) is 0 Å². The van der Waals surface area contributed by atoms with E-state index in [1.54, 1.807) is 4.52 Å². The molecule has 0 fully saturated rings. The first-order chi connectivity index (χ1) is 7.43. The van der Waals surface area contributed by atoms with Crippen molar-refractivity contribution in [2.24, 2.45) is 0 Å². The van der Waals surface area contributed by atoms with Crippen molar-refractivity contribution in [3.8, 4) is 11.1 Å². The molecule has 2 aromatic heterocycles. The Morgan fingerprint density at radius 1 is 0.933 bits per heavy atom. The van der Waals surface area contributed by atoms with Gasteiger partial charge in [-0.2, -0.15) is 0 Å². The van der Waals surface area contributed by atoms with Gasteiger partial charge in [-0.1, -0.05) is 30.3 Å². The Morgan fingerprint density at radius 3 is 2.67 bits per heavy atom. The summed E-state index contributed by atoms with van der Waals surface area (Å²) < 4.78 is 1.65. The van der Waals surface area contributed by atoms with E-state index in [1.165, 1.54) is 5.56 Å². The van der Waals surface area contributed by atoms with Gasteiger partial charge in [0.2, 0.25) is 0 Å². The highest BCUT2D eigenvalue weighted by atomic mass is 15.5. The van der Waals surface area contributed by atoms with Crippen LogP contribution in [0.25, 0.3) is 16.8 Å². The molecule has 0 N–H and O–H groups in total. The minimum absolute atomic E-state index is 0.761. The lowest BCUT2D eigenvalue weighted by Gasteiger charge is -2.00. The summed E-state index contributed by atoms with van der Waals surface area (Å²) in [6, 6.07) is 14.1. The van der Waals surface area contributed by atoms with Crippen LogP contribution in [0.15, 0.2) is 48.7 Å². The van der Waals surface area contributed by atoms with Crippen LogP contribution in [0.1, 0.15) is 0 Å². The van der Waals surface area contributed by atoms with Gasteiger partial charge in [-0.25, -0.2) is 4.52 Å². The molecule has 0 radical (unpaired) electrons. The fourth-order valence-electron chi connectivity index (χ4n) is 1.55. The van der Waals surface area contributed by atoms with Crippen LogP contribution < -0.4 is 0 Å². The SMILES string of the molecule is c1ccc(-c2ccn3nnnc3c2)cc1. The zero-order valence-electron chi connectivity index (χ0n) is 7.91. The van der Waals surface area contributed by atoms with Gasteiger partial charge in [-0.05, 0) is 33.7 Å². The van der Waals surface area contributed by atoms with Crippen molar-refractivity contribution >= 4 is 5.65 Å². The quantitative estimate of drug-likeness (QED) is 0.596. The normalized spacial score (nSPS) is 10.7. The third kappa shape index (κ3) is 1.36. The molecule has 4 heteroatoms. The molecule has 0 spiro atoms. The van der Waals surface area contributed by atoms with E-state index in [0.717, 1.165) is 11.2 Å². The number of rotatable bonds is 1. The summed E-state index contributed by atoms with van der Waals surface area (Å²) in [5.41, 5.74) is 3.05. The van der Waals surface area contributed by atoms with Crippen LogP contribution in [0.3, 0.4) is 0 Å². The minimum atomic E-state index is 0.761. The molecule has 15 heavy (non-hydrogen) atoms. The van der Waals surface area contributed by atoms with Gasteiger partial charge in [0.05, 0.1) is 0 Å². The van der Waals surface area contributed by atoms with E-state index in [9.17, 15) is 0 Å². The highest BCUT2D eigenvalue weighted by Crippen LogP contribution is 2.18. The molecule has 0 aliphatic carbocycles. The summed E-state index contributed by atoms with van der Waals surface area (Å²) in [7, 11) is 0. The Bertz CT molecular complexity index is 586. The molecular formula is C11H8N4. The van der Waals surface area contributed by atoms with E-state index in [-0.39, 0.29) is 0 Å². The molecule has 3 rings (SSSR count). The van der Waals surface area contributed by atoms with E-state index in [1.807, 2.05) is 36.5 Å². The summed E-state index contributed by atoms with van der Waals surface area (Å²) in [6.45, 7) is 0. The minimum Gasteiger partial charge on any atom is -0.201 e. The third-order valence-corrected chi connectivity index (χ3v) is 2.31. The second kappa shape index (κ2) is 3.16. The van der Waals surface area contributed by atoms with Crippen molar-refractivity contribution in [2.75, 3.05) is 0 Å². The van der Waals surface area contributed by atoms with E-state index >= 15 is 0 Å². The van der Waals surface area contributed by atoms with Crippen LogP contribution in [-0.2, 0) is 0 Å². The van der Waals surface area contributed by atoms with Crippen molar-refractivity contribution in [1.82, 2.24) is 20.0 Å². The Kier molecular flexibility index (Phi) is 1.71. The third-order valence-electron chi connectivity index (χ3n) is 2.31. The monoisotopic (exact) mass is 196 g/mol. The molecule has 0 saturated carbocycles.